The number of para-hydroxylation sites is 2. The maximum Gasteiger partial charge on any atom is 0.274 e. The lowest BCUT2D eigenvalue weighted by Crippen LogP contribution is -2.16. The number of imidazole rings is 1. The second-order valence-electron chi connectivity index (χ2n) is 5.66. The first-order chi connectivity index (χ1) is 11.5. The van der Waals surface area contributed by atoms with Gasteiger partial charge in [0.05, 0.1) is 11.4 Å². The zero-order valence-electron chi connectivity index (χ0n) is 13.5. The second-order valence-corrected chi connectivity index (χ2v) is 6.58. The highest BCUT2D eigenvalue weighted by atomic mass is 79.9. The lowest BCUT2D eigenvalue weighted by atomic mass is 10.2. The maximum absolute atomic E-state index is 12.9. The van der Waals surface area contributed by atoms with Gasteiger partial charge in [0.1, 0.15) is 17.1 Å². The quantitative estimate of drug-likeness (QED) is 0.655. The number of amides is 1. The highest BCUT2D eigenvalue weighted by Gasteiger charge is 2.21. The number of phenolic OH excluding ortho intramolecular Hbond substituents is 1. The van der Waals surface area contributed by atoms with Crippen LogP contribution >= 0.6 is 15.9 Å². The molecule has 0 unspecified atom stereocenters. The van der Waals surface area contributed by atoms with E-state index in [1.165, 1.54) is 6.07 Å². The first kappa shape index (κ1) is 16.5. The molecule has 0 saturated heterocycles. The van der Waals surface area contributed by atoms with Crippen molar-refractivity contribution in [3.63, 3.8) is 0 Å². The van der Waals surface area contributed by atoms with Gasteiger partial charge in [-0.15, -0.1) is 0 Å². The zero-order chi connectivity index (χ0) is 17.3. The van der Waals surface area contributed by atoms with Gasteiger partial charge in [-0.05, 0) is 53.0 Å². The van der Waals surface area contributed by atoms with Crippen molar-refractivity contribution in [2.24, 2.45) is 0 Å². The largest absolute Gasteiger partial charge is 0.506 e. The van der Waals surface area contributed by atoms with Crippen molar-refractivity contribution in [2.45, 2.75) is 26.7 Å². The van der Waals surface area contributed by atoms with Gasteiger partial charge in [0.15, 0.2) is 0 Å². The fraction of sp³-hybridized carbons (Fsp3) is 0.222. The van der Waals surface area contributed by atoms with Crippen molar-refractivity contribution in [3.05, 3.63) is 58.0 Å². The van der Waals surface area contributed by atoms with Crippen LogP contribution in [0, 0.1) is 6.92 Å². The Kier molecular flexibility index (Phi) is 4.57. The molecule has 2 N–H and O–H groups in total. The lowest BCUT2D eigenvalue weighted by Gasteiger charge is -2.09. The molecule has 0 aliphatic rings. The number of halogens is 1. The van der Waals surface area contributed by atoms with Gasteiger partial charge in [0.25, 0.3) is 5.91 Å². The number of carbonyl (C=O) groups excluding carboxylic acids is 1. The van der Waals surface area contributed by atoms with E-state index in [2.05, 4.69) is 33.2 Å². The summed E-state index contributed by atoms with van der Waals surface area (Å²) in [6.07, 6.45) is 3.44. The molecule has 1 aromatic carbocycles. The SMILES string of the molecule is CCCc1nc2c(C)cc(Br)cn2c1C(=O)Nc1ccccc1O. The maximum atomic E-state index is 12.9. The summed E-state index contributed by atoms with van der Waals surface area (Å²) in [5.41, 5.74) is 3.39. The fourth-order valence-corrected chi connectivity index (χ4v) is 3.28. The normalized spacial score (nSPS) is 11.0. The molecule has 24 heavy (non-hydrogen) atoms. The average molecular weight is 388 g/mol. The minimum atomic E-state index is -0.287. The number of aryl methyl sites for hydroxylation is 2. The first-order valence-electron chi connectivity index (χ1n) is 7.77. The zero-order valence-corrected chi connectivity index (χ0v) is 15.1. The fourth-order valence-electron chi connectivity index (χ4n) is 2.73. The molecule has 2 aromatic heterocycles. The summed E-state index contributed by atoms with van der Waals surface area (Å²) >= 11 is 3.47. The number of phenols is 1. The molecule has 2 heterocycles. The number of nitrogens with one attached hydrogen (secondary N) is 1. The van der Waals surface area contributed by atoms with Crippen molar-refractivity contribution in [1.82, 2.24) is 9.38 Å². The van der Waals surface area contributed by atoms with Crippen LogP contribution in [-0.2, 0) is 6.42 Å². The average Bonchev–Trinajstić information content (AvgIpc) is 2.88. The van der Waals surface area contributed by atoms with Gasteiger partial charge in [-0.1, -0.05) is 25.5 Å². The van der Waals surface area contributed by atoms with E-state index in [1.54, 1.807) is 22.6 Å². The monoisotopic (exact) mass is 387 g/mol. The van der Waals surface area contributed by atoms with Gasteiger partial charge in [0, 0.05) is 10.7 Å². The Hall–Kier alpha value is -2.34. The highest BCUT2D eigenvalue weighted by Crippen LogP contribution is 2.25. The summed E-state index contributed by atoms with van der Waals surface area (Å²) in [4.78, 5) is 17.5. The first-order valence-corrected chi connectivity index (χ1v) is 8.57. The van der Waals surface area contributed by atoms with E-state index in [4.69, 9.17) is 0 Å². The molecule has 0 atom stereocenters. The Morgan fingerprint density at radius 1 is 1.38 bits per heavy atom. The van der Waals surface area contributed by atoms with Crippen LogP contribution in [-0.4, -0.2) is 20.4 Å². The number of carbonyl (C=O) groups is 1. The van der Waals surface area contributed by atoms with E-state index in [-0.39, 0.29) is 11.7 Å². The third-order valence-electron chi connectivity index (χ3n) is 3.80. The molecule has 1 amide bonds. The van der Waals surface area contributed by atoms with Crippen molar-refractivity contribution in [1.29, 1.82) is 0 Å². The molecule has 3 rings (SSSR count). The summed E-state index contributed by atoms with van der Waals surface area (Å²) in [7, 11) is 0. The van der Waals surface area contributed by atoms with Gasteiger partial charge in [-0.25, -0.2) is 4.98 Å². The molecular formula is C18H18BrN3O2. The molecule has 0 spiro atoms. The van der Waals surface area contributed by atoms with E-state index in [0.29, 0.717) is 17.8 Å². The van der Waals surface area contributed by atoms with Gasteiger partial charge < -0.3 is 10.4 Å². The van der Waals surface area contributed by atoms with Crippen molar-refractivity contribution >= 4 is 33.2 Å². The van der Waals surface area contributed by atoms with Crippen LogP contribution in [0.5, 0.6) is 5.75 Å². The van der Waals surface area contributed by atoms with Gasteiger partial charge in [-0.2, -0.15) is 0 Å². The molecule has 0 radical (unpaired) electrons. The van der Waals surface area contributed by atoms with Gasteiger partial charge in [-0.3, -0.25) is 9.20 Å². The van der Waals surface area contributed by atoms with Crippen molar-refractivity contribution in [3.8, 4) is 5.75 Å². The number of aromatic hydroxyl groups is 1. The number of hydrogen-bond acceptors (Lipinski definition) is 3. The number of rotatable bonds is 4. The number of anilines is 1. The van der Waals surface area contributed by atoms with E-state index in [9.17, 15) is 9.90 Å². The number of aromatic nitrogens is 2. The Labute approximate surface area is 148 Å². The van der Waals surface area contributed by atoms with Crippen LogP contribution in [0.25, 0.3) is 5.65 Å². The van der Waals surface area contributed by atoms with Crippen LogP contribution in [0.15, 0.2) is 41.0 Å². The van der Waals surface area contributed by atoms with E-state index in [1.807, 2.05) is 19.2 Å². The number of nitrogens with zero attached hydrogens (tertiary/aromatic N) is 2. The topological polar surface area (TPSA) is 66.6 Å². The lowest BCUT2D eigenvalue weighted by molar-refractivity contribution is 0.102. The molecule has 0 fully saturated rings. The summed E-state index contributed by atoms with van der Waals surface area (Å²) in [5.74, 6) is -0.251. The molecule has 124 valence electrons. The minimum absolute atomic E-state index is 0.0362. The van der Waals surface area contributed by atoms with Crippen LogP contribution in [0.1, 0.15) is 35.1 Å². The molecule has 0 aliphatic carbocycles. The Morgan fingerprint density at radius 3 is 2.83 bits per heavy atom. The standard InChI is InChI=1S/C18H18BrN3O2/c1-3-6-14-16(18(24)21-13-7-4-5-8-15(13)23)22-10-12(19)9-11(2)17(22)20-14/h4-5,7-10,23H,3,6H2,1-2H3,(H,21,24). The van der Waals surface area contributed by atoms with E-state index >= 15 is 0 Å². The van der Waals surface area contributed by atoms with E-state index < -0.39 is 0 Å². The second kappa shape index (κ2) is 6.65. The van der Waals surface area contributed by atoms with Crippen LogP contribution in [0.3, 0.4) is 0 Å². The van der Waals surface area contributed by atoms with Gasteiger partial charge in [0.2, 0.25) is 0 Å². The number of pyridine rings is 1. The molecule has 5 nitrogen and oxygen atoms in total. The van der Waals surface area contributed by atoms with Crippen LogP contribution in [0.2, 0.25) is 0 Å². The highest BCUT2D eigenvalue weighted by molar-refractivity contribution is 9.10. The minimum Gasteiger partial charge on any atom is -0.506 e. The smallest absolute Gasteiger partial charge is 0.274 e. The summed E-state index contributed by atoms with van der Waals surface area (Å²) in [6, 6.07) is 8.65. The third-order valence-corrected chi connectivity index (χ3v) is 4.23. The van der Waals surface area contributed by atoms with Crippen molar-refractivity contribution in [2.75, 3.05) is 5.32 Å². The van der Waals surface area contributed by atoms with Crippen LogP contribution < -0.4 is 5.32 Å². The molecule has 0 aliphatic heterocycles. The molecule has 3 aromatic rings. The number of fused-ring (bicyclic) bond motifs is 1. The number of benzene rings is 1. The molecular weight excluding hydrogens is 370 g/mol. The summed E-state index contributed by atoms with van der Waals surface area (Å²) < 4.78 is 2.68. The summed E-state index contributed by atoms with van der Waals surface area (Å²) in [5, 5.41) is 12.7. The summed E-state index contributed by atoms with van der Waals surface area (Å²) in [6.45, 7) is 4.02. The van der Waals surface area contributed by atoms with Crippen molar-refractivity contribution < 1.29 is 9.90 Å². The van der Waals surface area contributed by atoms with Gasteiger partial charge >= 0.3 is 0 Å². The number of hydrogen-bond donors (Lipinski definition) is 2. The predicted molar refractivity (Wildman–Crippen MR) is 97.7 cm³/mol. The molecule has 0 saturated carbocycles. The Bertz CT molecular complexity index is 918. The molecule has 6 heteroatoms. The Morgan fingerprint density at radius 2 is 2.12 bits per heavy atom. The molecule has 0 bridgehead atoms. The van der Waals surface area contributed by atoms with Crippen LogP contribution in [0.4, 0.5) is 5.69 Å². The third kappa shape index (κ3) is 3.01. The predicted octanol–water partition coefficient (Wildman–Crippen LogP) is 4.32. The van der Waals surface area contributed by atoms with E-state index in [0.717, 1.165) is 27.8 Å². The Balaban J connectivity index is 2.11.